The van der Waals surface area contributed by atoms with Crippen molar-refractivity contribution in [1.82, 2.24) is 0 Å². The predicted octanol–water partition coefficient (Wildman–Crippen LogP) is 2.89. The molecular formula is C12H15BrN2OS. The zero-order chi connectivity index (χ0) is 12.8. The Kier molecular flexibility index (Phi) is 5.66. The van der Waals surface area contributed by atoms with Crippen LogP contribution < -0.4 is 5.32 Å². The fourth-order valence-electron chi connectivity index (χ4n) is 1.30. The van der Waals surface area contributed by atoms with E-state index in [2.05, 4.69) is 27.3 Å². The van der Waals surface area contributed by atoms with E-state index >= 15 is 0 Å². The molecular weight excluding hydrogens is 300 g/mol. The molecule has 17 heavy (non-hydrogen) atoms. The molecule has 0 bridgehead atoms. The standard InChI is InChI=1S/C12H15BrN2OS/c1-9(17(2)16)5-6-15-12-4-3-10(8-14)7-11(12)13/h3-4,7,9,15H,5-6H2,1-2H3. The monoisotopic (exact) mass is 314 g/mol. The van der Waals surface area contributed by atoms with Crippen molar-refractivity contribution in [1.29, 1.82) is 5.26 Å². The van der Waals surface area contributed by atoms with Crippen LogP contribution in [0, 0.1) is 11.3 Å². The molecule has 1 aromatic carbocycles. The summed E-state index contributed by atoms with van der Waals surface area (Å²) in [5, 5.41) is 12.2. The molecule has 1 rings (SSSR count). The summed E-state index contributed by atoms with van der Waals surface area (Å²) < 4.78 is 12.1. The van der Waals surface area contributed by atoms with Gasteiger partial charge in [-0.1, -0.05) is 6.92 Å². The van der Waals surface area contributed by atoms with Crippen LogP contribution in [-0.2, 0) is 10.8 Å². The minimum absolute atomic E-state index is 0.194. The molecule has 0 spiro atoms. The van der Waals surface area contributed by atoms with Crippen molar-refractivity contribution in [3.05, 3.63) is 28.2 Å². The van der Waals surface area contributed by atoms with E-state index in [9.17, 15) is 4.21 Å². The zero-order valence-corrected chi connectivity index (χ0v) is 12.3. The first-order valence-corrected chi connectivity index (χ1v) is 7.71. The summed E-state index contributed by atoms with van der Waals surface area (Å²) in [7, 11) is -0.773. The molecule has 0 fully saturated rings. The molecule has 2 atom stereocenters. The van der Waals surface area contributed by atoms with E-state index in [0.717, 1.165) is 23.1 Å². The first-order valence-electron chi connectivity index (χ1n) is 5.30. The summed E-state index contributed by atoms with van der Waals surface area (Å²) in [6, 6.07) is 7.51. The van der Waals surface area contributed by atoms with E-state index in [1.165, 1.54) is 0 Å². The lowest BCUT2D eigenvalue weighted by Gasteiger charge is -2.11. The molecule has 1 aromatic rings. The number of nitriles is 1. The molecule has 0 saturated carbocycles. The van der Waals surface area contributed by atoms with E-state index in [1.54, 1.807) is 18.4 Å². The van der Waals surface area contributed by atoms with Gasteiger partial charge in [0.05, 0.1) is 11.6 Å². The Morgan fingerprint density at radius 3 is 2.82 bits per heavy atom. The molecule has 0 aliphatic rings. The maximum atomic E-state index is 11.2. The van der Waals surface area contributed by atoms with Crippen molar-refractivity contribution in [3.63, 3.8) is 0 Å². The number of halogens is 1. The molecule has 0 aromatic heterocycles. The highest BCUT2D eigenvalue weighted by Gasteiger charge is 2.06. The Labute approximate surface area is 113 Å². The molecule has 0 saturated heterocycles. The number of hydrogen-bond donors (Lipinski definition) is 1. The third kappa shape index (κ3) is 4.49. The third-order valence-electron chi connectivity index (χ3n) is 2.53. The van der Waals surface area contributed by atoms with Crippen molar-refractivity contribution < 1.29 is 4.21 Å². The average molecular weight is 315 g/mol. The van der Waals surface area contributed by atoms with Crippen LogP contribution in [0.3, 0.4) is 0 Å². The van der Waals surface area contributed by atoms with Crippen molar-refractivity contribution in [2.24, 2.45) is 0 Å². The van der Waals surface area contributed by atoms with Crippen LogP contribution in [0.5, 0.6) is 0 Å². The Morgan fingerprint density at radius 1 is 1.59 bits per heavy atom. The van der Waals surface area contributed by atoms with Crippen LogP contribution in [0.25, 0.3) is 0 Å². The van der Waals surface area contributed by atoms with Gasteiger partial charge in [0.15, 0.2) is 0 Å². The number of anilines is 1. The second-order valence-electron chi connectivity index (χ2n) is 3.83. The molecule has 2 unspecified atom stereocenters. The molecule has 3 nitrogen and oxygen atoms in total. The van der Waals surface area contributed by atoms with Crippen molar-refractivity contribution in [2.45, 2.75) is 18.6 Å². The van der Waals surface area contributed by atoms with Gasteiger partial charge in [-0.2, -0.15) is 5.26 Å². The normalized spacial score (nSPS) is 13.8. The van der Waals surface area contributed by atoms with E-state index in [4.69, 9.17) is 5.26 Å². The van der Waals surface area contributed by atoms with Crippen LogP contribution in [0.4, 0.5) is 5.69 Å². The summed E-state index contributed by atoms with van der Waals surface area (Å²) in [4.78, 5) is 0. The predicted molar refractivity (Wildman–Crippen MR) is 75.5 cm³/mol. The quantitative estimate of drug-likeness (QED) is 0.909. The Morgan fingerprint density at radius 2 is 2.29 bits per heavy atom. The van der Waals surface area contributed by atoms with Gasteiger partial charge in [0.2, 0.25) is 0 Å². The van der Waals surface area contributed by atoms with Gasteiger partial charge in [0, 0.05) is 39.0 Å². The maximum absolute atomic E-state index is 11.2. The lowest BCUT2D eigenvalue weighted by atomic mass is 10.2. The minimum Gasteiger partial charge on any atom is -0.384 e. The first kappa shape index (κ1) is 14.2. The van der Waals surface area contributed by atoms with E-state index in [-0.39, 0.29) is 5.25 Å². The molecule has 92 valence electrons. The van der Waals surface area contributed by atoms with Crippen LogP contribution >= 0.6 is 15.9 Å². The van der Waals surface area contributed by atoms with Crippen molar-refractivity contribution in [3.8, 4) is 6.07 Å². The van der Waals surface area contributed by atoms with Gasteiger partial charge >= 0.3 is 0 Å². The van der Waals surface area contributed by atoms with Gasteiger partial charge < -0.3 is 5.32 Å². The van der Waals surface area contributed by atoms with Gasteiger partial charge in [-0.25, -0.2) is 0 Å². The Hall–Kier alpha value is -0.860. The second kappa shape index (κ2) is 6.77. The molecule has 0 radical (unpaired) electrons. The van der Waals surface area contributed by atoms with Gasteiger partial charge in [-0.3, -0.25) is 4.21 Å². The van der Waals surface area contributed by atoms with Crippen molar-refractivity contribution in [2.75, 3.05) is 18.1 Å². The lowest BCUT2D eigenvalue weighted by Crippen LogP contribution is -2.14. The molecule has 5 heteroatoms. The summed E-state index contributed by atoms with van der Waals surface area (Å²) in [6.45, 7) is 2.75. The summed E-state index contributed by atoms with van der Waals surface area (Å²) >= 11 is 3.41. The van der Waals surface area contributed by atoms with Crippen LogP contribution in [0.15, 0.2) is 22.7 Å². The van der Waals surface area contributed by atoms with Gasteiger partial charge in [0.25, 0.3) is 0 Å². The lowest BCUT2D eigenvalue weighted by molar-refractivity contribution is 0.672. The maximum Gasteiger partial charge on any atom is 0.0992 e. The van der Waals surface area contributed by atoms with Crippen LogP contribution in [-0.4, -0.2) is 22.3 Å². The molecule has 0 heterocycles. The average Bonchev–Trinajstić information content (AvgIpc) is 2.30. The van der Waals surface area contributed by atoms with Crippen molar-refractivity contribution >= 4 is 32.4 Å². The topological polar surface area (TPSA) is 52.9 Å². The smallest absolute Gasteiger partial charge is 0.0992 e. The number of hydrogen-bond acceptors (Lipinski definition) is 3. The molecule has 0 aliphatic heterocycles. The molecule has 0 amide bonds. The highest BCUT2D eigenvalue weighted by molar-refractivity contribution is 9.10. The Bertz CT molecular complexity index is 456. The Balaban J connectivity index is 2.53. The number of nitrogens with one attached hydrogen (secondary N) is 1. The van der Waals surface area contributed by atoms with E-state index < -0.39 is 10.8 Å². The van der Waals surface area contributed by atoms with Gasteiger partial charge in [-0.15, -0.1) is 0 Å². The molecule has 0 aliphatic carbocycles. The summed E-state index contributed by atoms with van der Waals surface area (Å²) in [6.07, 6.45) is 2.58. The SMILES string of the molecule is CC(CCNc1ccc(C#N)cc1Br)S(C)=O. The van der Waals surface area contributed by atoms with Gasteiger partial charge in [-0.05, 0) is 40.5 Å². The van der Waals surface area contributed by atoms with Gasteiger partial charge in [0.1, 0.15) is 0 Å². The second-order valence-corrected chi connectivity index (χ2v) is 6.49. The van der Waals surface area contributed by atoms with E-state index in [0.29, 0.717) is 5.56 Å². The first-order chi connectivity index (χ1) is 8.04. The summed E-state index contributed by atoms with van der Waals surface area (Å²) in [5.74, 6) is 0. The number of benzene rings is 1. The third-order valence-corrected chi connectivity index (χ3v) is 4.56. The molecule has 1 N–H and O–H groups in total. The highest BCUT2D eigenvalue weighted by atomic mass is 79.9. The van der Waals surface area contributed by atoms with Crippen LogP contribution in [0.2, 0.25) is 0 Å². The van der Waals surface area contributed by atoms with E-state index in [1.807, 2.05) is 13.0 Å². The highest BCUT2D eigenvalue weighted by Crippen LogP contribution is 2.23. The minimum atomic E-state index is -0.773. The fraction of sp³-hybridized carbons (Fsp3) is 0.417. The fourth-order valence-corrected chi connectivity index (χ4v) is 2.27. The zero-order valence-electron chi connectivity index (χ0n) is 9.87. The van der Waals surface area contributed by atoms with Crippen LogP contribution in [0.1, 0.15) is 18.9 Å². The largest absolute Gasteiger partial charge is 0.384 e. The number of nitrogens with zero attached hydrogens (tertiary/aromatic N) is 1. The number of rotatable bonds is 5. The summed E-state index contributed by atoms with van der Waals surface area (Å²) in [5.41, 5.74) is 1.59.